The average molecular weight is 355 g/mol. The van der Waals surface area contributed by atoms with E-state index in [0.717, 1.165) is 13.0 Å². The third-order valence-electron chi connectivity index (χ3n) is 2.53. The Balaban J connectivity index is 4.38. The second kappa shape index (κ2) is 9.56. The van der Waals surface area contributed by atoms with E-state index in [1.54, 1.807) is 0 Å². The molecule has 0 bridgehead atoms. The molecule has 0 aromatic rings. The molecule has 0 rings (SSSR count). The fourth-order valence-corrected chi connectivity index (χ4v) is 15.2. The first kappa shape index (κ1) is 21.5. The largest absolute Gasteiger partial charge is 0.435 e. The molecule has 0 aromatic carbocycles. The molecular formula is C13H34O5Si3. The smallest absolute Gasteiger partial charge is 0.311 e. The molecule has 0 radical (unpaired) electrons. The van der Waals surface area contributed by atoms with E-state index in [2.05, 4.69) is 46.2 Å². The van der Waals surface area contributed by atoms with Gasteiger partial charge in [-0.15, -0.1) is 0 Å². The molecule has 0 aliphatic rings. The van der Waals surface area contributed by atoms with E-state index in [-0.39, 0.29) is 6.61 Å². The van der Waals surface area contributed by atoms with Crippen LogP contribution < -0.4 is 0 Å². The van der Waals surface area contributed by atoms with E-state index < -0.39 is 25.2 Å². The molecule has 0 spiro atoms. The SMILES string of the molecule is CCCOC[Si](C)(C)O[Si](C)(C)O[Si](C)(C)COCCO. The Hall–Kier alpha value is 0.451. The third-order valence-corrected chi connectivity index (χ3v) is 12.7. The first-order chi connectivity index (χ1) is 9.54. The summed E-state index contributed by atoms with van der Waals surface area (Å²) in [6, 6.07) is 0. The maximum atomic E-state index is 8.78. The van der Waals surface area contributed by atoms with Crippen LogP contribution in [0.5, 0.6) is 0 Å². The van der Waals surface area contributed by atoms with Crippen molar-refractivity contribution in [2.75, 3.05) is 32.3 Å². The highest BCUT2D eigenvalue weighted by atomic mass is 28.5. The molecule has 0 unspecified atom stereocenters. The fraction of sp³-hybridized carbons (Fsp3) is 1.00. The van der Waals surface area contributed by atoms with Crippen LogP contribution in [0, 0.1) is 0 Å². The van der Waals surface area contributed by atoms with Crippen LogP contribution in [0.1, 0.15) is 13.3 Å². The molecule has 128 valence electrons. The molecular weight excluding hydrogens is 320 g/mol. The predicted octanol–water partition coefficient (Wildman–Crippen LogP) is 2.65. The standard InChI is InChI=1S/C13H34O5Si3/c1-8-10-15-12-19(2,3)17-21(6,7)18-20(4,5)13-16-11-9-14/h14H,8-13H2,1-7H3. The van der Waals surface area contributed by atoms with Crippen LogP contribution in [0.4, 0.5) is 0 Å². The summed E-state index contributed by atoms with van der Waals surface area (Å²) in [6.07, 6.45) is 2.33. The fourth-order valence-electron chi connectivity index (χ4n) is 2.26. The summed E-state index contributed by atoms with van der Waals surface area (Å²) in [5.74, 6) is 0. The zero-order chi connectivity index (χ0) is 16.6. The van der Waals surface area contributed by atoms with Crippen molar-refractivity contribution in [3.8, 4) is 0 Å². The van der Waals surface area contributed by atoms with Gasteiger partial charge >= 0.3 is 8.56 Å². The van der Waals surface area contributed by atoms with Crippen molar-refractivity contribution >= 4 is 25.2 Å². The second-order valence-corrected chi connectivity index (χ2v) is 19.0. The van der Waals surface area contributed by atoms with Gasteiger partial charge in [-0.2, -0.15) is 0 Å². The van der Waals surface area contributed by atoms with Gasteiger partial charge in [-0.3, -0.25) is 0 Å². The van der Waals surface area contributed by atoms with Gasteiger partial charge in [-0.05, 0) is 45.7 Å². The summed E-state index contributed by atoms with van der Waals surface area (Å²) in [5, 5.41) is 8.78. The zero-order valence-corrected chi connectivity index (χ0v) is 17.8. The number of aliphatic hydroxyl groups excluding tert-OH is 1. The summed E-state index contributed by atoms with van der Waals surface area (Å²) in [7, 11) is -5.98. The summed E-state index contributed by atoms with van der Waals surface area (Å²) in [6.45, 7) is 16.1. The highest BCUT2D eigenvalue weighted by Gasteiger charge is 2.39. The van der Waals surface area contributed by atoms with Gasteiger partial charge in [0, 0.05) is 6.61 Å². The molecule has 5 nitrogen and oxygen atoms in total. The van der Waals surface area contributed by atoms with Crippen LogP contribution in [0.2, 0.25) is 39.3 Å². The van der Waals surface area contributed by atoms with Gasteiger partial charge in [0.2, 0.25) is 16.6 Å². The third kappa shape index (κ3) is 11.6. The highest BCUT2D eigenvalue weighted by molar-refractivity contribution is 6.87. The van der Waals surface area contributed by atoms with Crippen molar-refractivity contribution in [1.82, 2.24) is 0 Å². The Morgan fingerprint density at radius 3 is 1.57 bits per heavy atom. The van der Waals surface area contributed by atoms with Crippen LogP contribution in [0.3, 0.4) is 0 Å². The molecule has 0 aromatic heterocycles. The molecule has 0 aliphatic heterocycles. The normalized spacial score (nSPS) is 13.7. The minimum Gasteiger partial charge on any atom is -0.435 e. The van der Waals surface area contributed by atoms with E-state index in [4.69, 9.17) is 22.8 Å². The lowest BCUT2D eigenvalue weighted by Crippen LogP contribution is -2.55. The van der Waals surface area contributed by atoms with E-state index in [0.29, 0.717) is 19.1 Å². The molecule has 0 saturated carbocycles. The summed E-state index contributed by atoms with van der Waals surface area (Å²) < 4.78 is 23.8. The van der Waals surface area contributed by atoms with Gasteiger partial charge in [0.15, 0.2) is 0 Å². The van der Waals surface area contributed by atoms with E-state index in [1.165, 1.54) is 0 Å². The molecule has 0 fully saturated rings. The monoisotopic (exact) mass is 354 g/mol. The molecule has 0 atom stereocenters. The van der Waals surface area contributed by atoms with E-state index >= 15 is 0 Å². The van der Waals surface area contributed by atoms with Crippen molar-refractivity contribution in [3.05, 3.63) is 0 Å². The number of rotatable bonds is 12. The van der Waals surface area contributed by atoms with Crippen molar-refractivity contribution in [2.45, 2.75) is 52.6 Å². The minimum absolute atomic E-state index is 0.0521. The number of ether oxygens (including phenoxy) is 2. The van der Waals surface area contributed by atoms with Crippen LogP contribution >= 0.6 is 0 Å². The van der Waals surface area contributed by atoms with Gasteiger partial charge in [0.1, 0.15) is 0 Å². The van der Waals surface area contributed by atoms with Crippen molar-refractivity contribution in [2.24, 2.45) is 0 Å². The van der Waals surface area contributed by atoms with Crippen molar-refractivity contribution in [3.63, 3.8) is 0 Å². The Morgan fingerprint density at radius 1 is 0.762 bits per heavy atom. The maximum Gasteiger partial charge on any atom is 0.311 e. The summed E-state index contributed by atoms with van der Waals surface area (Å²) in [4.78, 5) is 0. The zero-order valence-electron chi connectivity index (χ0n) is 14.8. The first-order valence-electron chi connectivity index (χ1n) is 7.70. The minimum atomic E-state index is -2.19. The average Bonchev–Trinajstić information content (AvgIpc) is 2.25. The molecule has 21 heavy (non-hydrogen) atoms. The molecule has 0 heterocycles. The molecule has 8 heteroatoms. The lowest BCUT2D eigenvalue weighted by molar-refractivity contribution is 0.113. The molecule has 0 amide bonds. The Bertz CT molecular complexity index is 259. The Morgan fingerprint density at radius 2 is 1.19 bits per heavy atom. The molecule has 0 aliphatic carbocycles. The summed E-state index contributed by atoms with van der Waals surface area (Å²) >= 11 is 0. The number of hydrogen-bond acceptors (Lipinski definition) is 5. The van der Waals surface area contributed by atoms with Crippen LogP contribution in [0.15, 0.2) is 0 Å². The van der Waals surface area contributed by atoms with Crippen molar-refractivity contribution in [1.29, 1.82) is 0 Å². The van der Waals surface area contributed by atoms with Crippen LogP contribution in [0.25, 0.3) is 0 Å². The van der Waals surface area contributed by atoms with E-state index in [9.17, 15) is 0 Å². The predicted molar refractivity (Wildman–Crippen MR) is 93.6 cm³/mol. The Kier molecular flexibility index (Phi) is 9.76. The second-order valence-electron chi connectivity index (χ2n) is 6.95. The van der Waals surface area contributed by atoms with Gasteiger partial charge in [0.05, 0.1) is 25.7 Å². The maximum absolute atomic E-state index is 8.78. The van der Waals surface area contributed by atoms with Gasteiger partial charge in [0.25, 0.3) is 0 Å². The van der Waals surface area contributed by atoms with Gasteiger partial charge in [-0.1, -0.05) is 6.92 Å². The van der Waals surface area contributed by atoms with Gasteiger partial charge in [-0.25, -0.2) is 0 Å². The van der Waals surface area contributed by atoms with E-state index in [1.807, 2.05) is 0 Å². The lowest BCUT2D eigenvalue weighted by atomic mass is 10.5. The quantitative estimate of drug-likeness (QED) is 0.431. The topological polar surface area (TPSA) is 57.2 Å². The number of hydrogen-bond donors (Lipinski definition) is 1. The van der Waals surface area contributed by atoms with Gasteiger partial charge < -0.3 is 22.8 Å². The summed E-state index contributed by atoms with van der Waals surface area (Å²) in [5.41, 5.74) is 0. The number of aliphatic hydroxyl groups is 1. The lowest BCUT2D eigenvalue weighted by Gasteiger charge is -2.38. The highest BCUT2D eigenvalue weighted by Crippen LogP contribution is 2.21. The molecule has 1 N–H and O–H groups in total. The van der Waals surface area contributed by atoms with Crippen molar-refractivity contribution < 1.29 is 22.8 Å². The van der Waals surface area contributed by atoms with Crippen LogP contribution in [-0.2, 0) is 17.7 Å². The van der Waals surface area contributed by atoms with Crippen LogP contribution in [-0.4, -0.2) is 62.6 Å². The first-order valence-corrected chi connectivity index (χ1v) is 16.7. The molecule has 0 saturated heterocycles. The Labute approximate surface area is 133 Å².